The number of halogens is 1. The summed E-state index contributed by atoms with van der Waals surface area (Å²) in [6.45, 7) is 3.09. The van der Waals surface area contributed by atoms with Crippen LogP contribution in [0.4, 0.5) is 0 Å². The maximum absolute atomic E-state index is 8.86. The van der Waals surface area contributed by atoms with E-state index in [1.165, 1.54) is 0 Å². The standard InChI is InChI=1S/C12H12ClN3/c1-2-3-4-16-8-15-11-5-9(7-14)10(13)6-12(11)16/h5-6,8H,2-4H2,1H3. The van der Waals surface area contributed by atoms with E-state index in [0.717, 1.165) is 30.4 Å². The Hall–Kier alpha value is -1.53. The third kappa shape index (κ3) is 1.89. The van der Waals surface area contributed by atoms with Crippen LogP contribution in [0.15, 0.2) is 18.5 Å². The summed E-state index contributed by atoms with van der Waals surface area (Å²) in [6.07, 6.45) is 4.06. The molecule has 2 aromatic rings. The van der Waals surface area contributed by atoms with Gasteiger partial charge in [-0.3, -0.25) is 0 Å². The molecule has 0 bridgehead atoms. The molecule has 1 heterocycles. The van der Waals surface area contributed by atoms with E-state index in [1.807, 2.05) is 6.07 Å². The predicted molar refractivity (Wildman–Crippen MR) is 64.4 cm³/mol. The Kier molecular flexibility index (Phi) is 3.12. The van der Waals surface area contributed by atoms with Crippen molar-refractivity contribution in [3.05, 3.63) is 29.0 Å². The lowest BCUT2D eigenvalue weighted by atomic mass is 10.2. The van der Waals surface area contributed by atoms with Gasteiger partial charge in [0.25, 0.3) is 0 Å². The first-order valence-electron chi connectivity index (χ1n) is 5.30. The molecule has 0 fully saturated rings. The molecule has 0 N–H and O–H groups in total. The van der Waals surface area contributed by atoms with E-state index >= 15 is 0 Å². The zero-order valence-electron chi connectivity index (χ0n) is 9.07. The largest absolute Gasteiger partial charge is 0.331 e. The molecule has 0 amide bonds. The van der Waals surface area contributed by atoms with Gasteiger partial charge < -0.3 is 4.57 Å². The van der Waals surface area contributed by atoms with Crippen LogP contribution in [0.3, 0.4) is 0 Å². The Morgan fingerprint density at radius 1 is 1.50 bits per heavy atom. The number of nitrogens with zero attached hydrogens (tertiary/aromatic N) is 3. The summed E-state index contributed by atoms with van der Waals surface area (Å²) in [5.41, 5.74) is 2.31. The van der Waals surface area contributed by atoms with E-state index in [1.54, 1.807) is 12.4 Å². The van der Waals surface area contributed by atoms with Crippen LogP contribution in [0.5, 0.6) is 0 Å². The summed E-state index contributed by atoms with van der Waals surface area (Å²) in [5, 5.41) is 9.35. The fourth-order valence-corrected chi connectivity index (χ4v) is 1.87. The second-order valence-electron chi connectivity index (χ2n) is 3.72. The quantitative estimate of drug-likeness (QED) is 0.816. The van der Waals surface area contributed by atoms with E-state index < -0.39 is 0 Å². The molecule has 0 aliphatic carbocycles. The first kappa shape index (κ1) is 11.0. The number of aryl methyl sites for hydroxylation is 1. The summed E-state index contributed by atoms with van der Waals surface area (Å²) in [7, 11) is 0. The third-order valence-electron chi connectivity index (χ3n) is 2.58. The molecule has 2 rings (SSSR count). The molecule has 0 atom stereocenters. The van der Waals surface area contributed by atoms with E-state index in [0.29, 0.717) is 10.6 Å². The van der Waals surface area contributed by atoms with Gasteiger partial charge in [0, 0.05) is 6.54 Å². The second kappa shape index (κ2) is 4.54. The highest BCUT2D eigenvalue weighted by Gasteiger charge is 2.07. The fraction of sp³-hybridized carbons (Fsp3) is 0.333. The van der Waals surface area contributed by atoms with Crippen LogP contribution >= 0.6 is 11.6 Å². The van der Waals surface area contributed by atoms with Gasteiger partial charge in [-0.15, -0.1) is 0 Å². The molecule has 0 radical (unpaired) electrons. The van der Waals surface area contributed by atoms with Gasteiger partial charge in [-0.1, -0.05) is 24.9 Å². The normalized spacial score (nSPS) is 10.6. The number of hydrogen-bond acceptors (Lipinski definition) is 2. The number of hydrogen-bond donors (Lipinski definition) is 0. The average Bonchev–Trinajstić information content (AvgIpc) is 2.67. The molecule has 1 aromatic heterocycles. The van der Waals surface area contributed by atoms with E-state index in [4.69, 9.17) is 16.9 Å². The molecule has 0 aliphatic rings. The third-order valence-corrected chi connectivity index (χ3v) is 2.90. The molecular formula is C12H12ClN3. The van der Waals surface area contributed by atoms with Gasteiger partial charge in [0.2, 0.25) is 0 Å². The maximum Gasteiger partial charge on any atom is 0.101 e. The topological polar surface area (TPSA) is 41.6 Å². The number of aromatic nitrogens is 2. The molecular weight excluding hydrogens is 222 g/mol. The first-order chi connectivity index (χ1) is 7.76. The Morgan fingerprint density at radius 3 is 3.00 bits per heavy atom. The Morgan fingerprint density at radius 2 is 2.31 bits per heavy atom. The van der Waals surface area contributed by atoms with Crippen LogP contribution in [0.1, 0.15) is 25.3 Å². The first-order valence-corrected chi connectivity index (χ1v) is 5.68. The van der Waals surface area contributed by atoms with Crippen molar-refractivity contribution in [1.82, 2.24) is 9.55 Å². The second-order valence-corrected chi connectivity index (χ2v) is 4.13. The minimum Gasteiger partial charge on any atom is -0.331 e. The minimum atomic E-state index is 0.481. The van der Waals surface area contributed by atoms with Crippen molar-refractivity contribution in [2.75, 3.05) is 0 Å². The van der Waals surface area contributed by atoms with Gasteiger partial charge >= 0.3 is 0 Å². The minimum absolute atomic E-state index is 0.481. The zero-order chi connectivity index (χ0) is 11.5. The van der Waals surface area contributed by atoms with E-state index in [-0.39, 0.29) is 0 Å². The van der Waals surface area contributed by atoms with Gasteiger partial charge in [0.05, 0.1) is 27.9 Å². The Balaban J connectivity index is 2.48. The van der Waals surface area contributed by atoms with Crippen molar-refractivity contribution in [3.63, 3.8) is 0 Å². The molecule has 16 heavy (non-hydrogen) atoms. The average molecular weight is 234 g/mol. The van der Waals surface area contributed by atoms with Crippen LogP contribution in [-0.2, 0) is 6.54 Å². The number of unbranched alkanes of at least 4 members (excludes halogenated alkanes) is 1. The number of benzene rings is 1. The zero-order valence-corrected chi connectivity index (χ0v) is 9.83. The molecule has 0 spiro atoms. The number of nitriles is 1. The van der Waals surface area contributed by atoms with Crippen molar-refractivity contribution in [2.45, 2.75) is 26.3 Å². The van der Waals surface area contributed by atoms with E-state index in [9.17, 15) is 0 Å². The van der Waals surface area contributed by atoms with Gasteiger partial charge in [0.15, 0.2) is 0 Å². The van der Waals surface area contributed by atoms with E-state index in [2.05, 4.69) is 22.5 Å². The van der Waals surface area contributed by atoms with Crippen molar-refractivity contribution in [1.29, 1.82) is 5.26 Å². The van der Waals surface area contributed by atoms with Gasteiger partial charge in [-0.25, -0.2) is 4.98 Å². The molecule has 0 aliphatic heterocycles. The number of fused-ring (bicyclic) bond motifs is 1. The van der Waals surface area contributed by atoms with Crippen molar-refractivity contribution in [3.8, 4) is 6.07 Å². The lowest BCUT2D eigenvalue weighted by Gasteiger charge is -2.03. The van der Waals surface area contributed by atoms with Gasteiger partial charge in [0.1, 0.15) is 6.07 Å². The highest BCUT2D eigenvalue weighted by Crippen LogP contribution is 2.23. The smallest absolute Gasteiger partial charge is 0.101 e. The fourth-order valence-electron chi connectivity index (χ4n) is 1.67. The number of imidazole rings is 1. The predicted octanol–water partition coefficient (Wildman–Crippen LogP) is 3.36. The van der Waals surface area contributed by atoms with Gasteiger partial charge in [-0.2, -0.15) is 5.26 Å². The maximum atomic E-state index is 8.86. The summed E-state index contributed by atoms with van der Waals surface area (Å²) in [4.78, 5) is 4.27. The Bertz CT molecular complexity index is 551. The molecule has 0 unspecified atom stereocenters. The highest BCUT2D eigenvalue weighted by atomic mass is 35.5. The lowest BCUT2D eigenvalue weighted by Crippen LogP contribution is -1.95. The highest BCUT2D eigenvalue weighted by molar-refractivity contribution is 6.32. The molecule has 1 aromatic carbocycles. The van der Waals surface area contributed by atoms with Gasteiger partial charge in [-0.05, 0) is 18.6 Å². The van der Waals surface area contributed by atoms with Crippen LogP contribution in [0, 0.1) is 11.3 Å². The lowest BCUT2D eigenvalue weighted by molar-refractivity contribution is 0.646. The molecule has 0 saturated carbocycles. The number of rotatable bonds is 3. The SMILES string of the molecule is CCCCn1cnc2cc(C#N)c(Cl)cc21. The molecule has 4 heteroatoms. The molecule has 3 nitrogen and oxygen atoms in total. The molecule has 0 saturated heterocycles. The van der Waals surface area contributed by atoms with Crippen molar-refractivity contribution in [2.24, 2.45) is 0 Å². The summed E-state index contributed by atoms with van der Waals surface area (Å²) >= 11 is 6.00. The van der Waals surface area contributed by atoms with Crippen LogP contribution in [-0.4, -0.2) is 9.55 Å². The molecule has 82 valence electrons. The Labute approximate surface area is 99.3 Å². The van der Waals surface area contributed by atoms with Crippen molar-refractivity contribution < 1.29 is 0 Å². The van der Waals surface area contributed by atoms with Crippen LogP contribution < -0.4 is 0 Å². The van der Waals surface area contributed by atoms with Crippen molar-refractivity contribution >= 4 is 22.6 Å². The van der Waals surface area contributed by atoms with Crippen LogP contribution in [0.25, 0.3) is 11.0 Å². The summed E-state index contributed by atoms with van der Waals surface area (Å²) < 4.78 is 2.08. The van der Waals surface area contributed by atoms with Crippen LogP contribution in [0.2, 0.25) is 5.02 Å². The summed E-state index contributed by atoms with van der Waals surface area (Å²) in [5.74, 6) is 0. The monoisotopic (exact) mass is 233 g/mol. The summed E-state index contributed by atoms with van der Waals surface area (Å²) in [6, 6.07) is 5.61.